The van der Waals surface area contributed by atoms with Gasteiger partial charge in [0.2, 0.25) is 17.5 Å². The maximum absolute atomic E-state index is 9.23. The minimum Gasteiger partial charge on any atom is -0.496 e. The van der Waals surface area contributed by atoms with Crippen molar-refractivity contribution >= 4 is 5.88 Å². The molecule has 0 unspecified atom stereocenters. The van der Waals surface area contributed by atoms with Crippen LogP contribution in [-0.2, 0) is 0 Å². The van der Waals surface area contributed by atoms with Crippen LogP contribution in [-0.4, -0.2) is 29.8 Å². The van der Waals surface area contributed by atoms with Gasteiger partial charge >= 0.3 is 0 Å². The Bertz CT molecular complexity index is 642. The summed E-state index contributed by atoms with van der Waals surface area (Å²) in [5.41, 5.74) is 0.824. The van der Waals surface area contributed by atoms with Crippen LogP contribution < -0.4 is 10.1 Å². The van der Waals surface area contributed by atoms with E-state index in [0.717, 1.165) is 0 Å². The number of hydrogen-bond acceptors (Lipinski definition) is 6. The number of methoxy groups -OCH3 is 1. The summed E-state index contributed by atoms with van der Waals surface area (Å²) in [7, 11) is 1.56. The van der Waals surface area contributed by atoms with Gasteiger partial charge in [-0.2, -0.15) is 10.2 Å². The van der Waals surface area contributed by atoms with Gasteiger partial charge in [0.05, 0.1) is 25.3 Å². The maximum atomic E-state index is 9.23. The van der Waals surface area contributed by atoms with Crippen molar-refractivity contribution in [2.24, 2.45) is 0 Å². The second-order valence-electron chi connectivity index (χ2n) is 4.44. The van der Waals surface area contributed by atoms with Gasteiger partial charge in [-0.15, -0.1) is 0 Å². The van der Waals surface area contributed by atoms with Crippen molar-refractivity contribution in [2.75, 3.05) is 19.0 Å². The average molecular weight is 287 g/mol. The SMILES string of the molecule is CC[C@H](CO)Nc1oc(-c2ccccc2OC)nc1C#N. The molecule has 0 saturated heterocycles. The van der Waals surface area contributed by atoms with Gasteiger partial charge in [-0.25, -0.2) is 0 Å². The molecule has 110 valence electrons. The Balaban J connectivity index is 2.39. The van der Waals surface area contributed by atoms with Crippen molar-refractivity contribution in [1.29, 1.82) is 5.26 Å². The van der Waals surface area contributed by atoms with Gasteiger partial charge in [0.25, 0.3) is 0 Å². The second-order valence-corrected chi connectivity index (χ2v) is 4.44. The summed E-state index contributed by atoms with van der Waals surface area (Å²) in [5, 5.41) is 21.4. The number of hydrogen-bond donors (Lipinski definition) is 2. The van der Waals surface area contributed by atoms with Crippen molar-refractivity contribution in [3.63, 3.8) is 0 Å². The fourth-order valence-electron chi connectivity index (χ4n) is 1.89. The summed E-state index contributed by atoms with van der Waals surface area (Å²) in [6.07, 6.45) is 0.700. The highest BCUT2D eigenvalue weighted by Crippen LogP contribution is 2.32. The Hall–Kier alpha value is -2.52. The van der Waals surface area contributed by atoms with Gasteiger partial charge in [-0.05, 0) is 18.6 Å². The summed E-state index contributed by atoms with van der Waals surface area (Å²) in [5.74, 6) is 1.18. The molecule has 0 amide bonds. The van der Waals surface area contributed by atoms with Gasteiger partial charge < -0.3 is 19.6 Å². The first-order valence-corrected chi connectivity index (χ1v) is 6.65. The highest BCUT2D eigenvalue weighted by Gasteiger charge is 2.19. The maximum Gasteiger partial charge on any atom is 0.233 e. The molecule has 0 saturated carbocycles. The van der Waals surface area contributed by atoms with Crippen LogP contribution in [0.3, 0.4) is 0 Å². The van der Waals surface area contributed by atoms with E-state index in [2.05, 4.69) is 10.3 Å². The second kappa shape index (κ2) is 6.77. The number of nitrogens with zero attached hydrogens (tertiary/aromatic N) is 2. The Morgan fingerprint density at radius 2 is 2.24 bits per heavy atom. The number of para-hydroxylation sites is 1. The molecule has 0 spiro atoms. The lowest BCUT2D eigenvalue weighted by Crippen LogP contribution is -2.22. The lowest BCUT2D eigenvalue weighted by atomic mass is 10.2. The van der Waals surface area contributed by atoms with E-state index in [-0.39, 0.29) is 24.2 Å². The fraction of sp³-hybridized carbons (Fsp3) is 0.333. The molecule has 2 rings (SSSR count). The first kappa shape index (κ1) is 14.9. The van der Waals surface area contributed by atoms with Gasteiger partial charge in [-0.1, -0.05) is 19.1 Å². The monoisotopic (exact) mass is 287 g/mol. The Labute approximate surface area is 123 Å². The lowest BCUT2D eigenvalue weighted by Gasteiger charge is -2.12. The minimum absolute atomic E-state index is 0.0495. The number of anilines is 1. The molecule has 21 heavy (non-hydrogen) atoms. The Morgan fingerprint density at radius 3 is 2.86 bits per heavy atom. The number of nitriles is 1. The lowest BCUT2D eigenvalue weighted by molar-refractivity contribution is 0.270. The van der Waals surface area contributed by atoms with Crippen molar-refractivity contribution in [2.45, 2.75) is 19.4 Å². The molecule has 0 fully saturated rings. The zero-order valence-corrected chi connectivity index (χ0v) is 12.0. The van der Waals surface area contributed by atoms with Crippen LogP contribution in [0.25, 0.3) is 11.5 Å². The first-order chi connectivity index (χ1) is 10.2. The van der Waals surface area contributed by atoms with E-state index >= 15 is 0 Å². The molecule has 1 atom stereocenters. The molecular formula is C15H17N3O3. The van der Waals surface area contributed by atoms with E-state index in [1.54, 1.807) is 19.2 Å². The van der Waals surface area contributed by atoms with Crippen molar-refractivity contribution in [3.8, 4) is 23.3 Å². The number of oxazole rings is 1. The van der Waals surface area contributed by atoms with Crippen LogP contribution in [0.5, 0.6) is 5.75 Å². The van der Waals surface area contributed by atoms with Crippen LogP contribution in [0.15, 0.2) is 28.7 Å². The van der Waals surface area contributed by atoms with Crippen LogP contribution in [0.2, 0.25) is 0 Å². The molecule has 2 N–H and O–H groups in total. The van der Waals surface area contributed by atoms with Gasteiger partial charge in [-0.3, -0.25) is 0 Å². The van der Waals surface area contributed by atoms with Crippen molar-refractivity contribution < 1.29 is 14.3 Å². The zero-order chi connectivity index (χ0) is 15.2. The summed E-state index contributed by atoms with van der Waals surface area (Å²) >= 11 is 0. The molecule has 1 heterocycles. The topological polar surface area (TPSA) is 91.3 Å². The van der Waals surface area contributed by atoms with E-state index in [1.807, 2.05) is 25.1 Å². The summed E-state index contributed by atoms with van der Waals surface area (Å²) in [6.45, 7) is 1.88. The van der Waals surface area contributed by atoms with Crippen LogP contribution in [0, 0.1) is 11.3 Å². The number of benzene rings is 1. The fourth-order valence-corrected chi connectivity index (χ4v) is 1.89. The molecule has 2 aromatic rings. The van der Waals surface area contributed by atoms with Gasteiger partial charge in [0.15, 0.2) is 0 Å². The first-order valence-electron chi connectivity index (χ1n) is 6.65. The Kier molecular flexibility index (Phi) is 4.80. The number of aliphatic hydroxyl groups excluding tert-OH is 1. The third-order valence-corrected chi connectivity index (χ3v) is 3.12. The van der Waals surface area contributed by atoms with Crippen LogP contribution >= 0.6 is 0 Å². The quantitative estimate of drug-likeness (QED) is 0.847. The average Bonchev–Trinajstić information content (AvgIpc) is 2.95. The normalized spacial score (nSPS) is 11.7. The van der Waals surface area contributed by atoms with Gasteiger partial charge in [0, 0.05) is 0 Å². The molecule has 6 nitrogen and oxygen atoms in total. The molecule has 1 aromatic carbocycles. The largest absolute Gasteiger partial charge is 0.496 e. The van der Waals surface area contributed by atoms with Crippen molar-refractivity contribution in [3.05, 3.63) is 30.0 Å². The summed E-state index contributed by atoms with van der Waals surface area (Å²) < 4.78 is 10.9. The standard InChI is InChI=1S/C15H17N3O3/c1-3-10(9-19)17-15-12(8-16)18-14(21-15)11-6-4-5-7-13(11)20-2/h4-7,10,17,19H,3,9H2,1-2H3/t10-/m1/s1. The van der Waals surface area contributed by atoms with Crippen molar-refractivity contribution in [1.82, 2.24) is 4.98 Å². The molecule has 1 aromatic heterocycles. The number of rotatable bonds is 6. The molecule has 0 aliphatic carbocycles. The zero-order valence-electron chi connectivity index (χ0n) is 12.0. The molecule has 6 heteroatoms. The van der Waals surface area contributed by atoms with E-state index in [0.29, 0.717) is 23.6 Å². The number of nitrogens with one attached hydrogen (secondary N) is 1. The molecule has 0 aliphatic rings. The van der Waals surface area contributed by atoms with E-state index in [1.165, 1.54) is 0 Å². The number of ether oxygens (including phenoxy) is 1. The summed E-state index contributed by atoms with van der Waals surface area (Å²) in [4.78, 5) is 4.18. The molecule has 0 radical (unpaired) electrons. The third-order valence-electron chi connectivity index (χ3n) is 3.12. The van der Waals surface area contributed by atoms with Crippen LogP contribution in [0.1, 0.15) is 19.0 Å². The highest BCUT2D eigenvalue weighted by atomic mass is 16.5. The van der Waals surface area contributed by atoms with E-state index < -0.39 is 0 Å². The number of aromatic nitrogens is 1. The van der Waals surface area contributed by atoms with Gasteiger partial charge in [0.1, 0.15) is 11.8 Å². The molecule has 0 aliphatic heterocycles. The van der Waals surface area contributed by atoms with E-state index in [4.69, 9.17) is 14.4 Å². The number of aliphatic hydroxyl groups is 1. The van der Waals surface area contributed by atoms with E-state index in [9.17, 15) is 5.11 Å². The summed E-state index contributed by atoms with van der Waals surface area (Å²) in [6, 6.07) is 9.08. The highest BCUT2D eigenvalue weighted by molar-refractivity contribution is 5.65. The molecular weight excluding hydrogens is 270 g/mol. The Morgan fingerprint density at radius 1 is 1.48 bits per heavy atom. The predicted molar refractivity (Wildman–Crippen MR) is 78.0 cm³/mol. The third kappa shape index (κ3) is 3.15. The minimum atomic E-state index is -0.185. The predicted octanol–water partition coefficient (Wildman–Crippen LogP) is 2.40. The van der Waals surface area contributed by atoms with Crippen LogP contribution in [0.4, 0.5) is 5.88 Å². The molecule has 0 bridgehead atoms. The smallest absolute Gasteiger partial charge is 0.233 e.